The van der Waals surface area contributed by atoms with E-state index in [0.29, 0.717) is 31.2 Å². The lowest BCUT2D eigenvalue weighted by Gasteiger charge is -2.42. The summed E-state index contributed by atoms with van der Waals surface area (Å²) < 4.78 is 5.62. The zero-order valence-corrected chi connectivity index (χ0v) is 15.8. The highest BCUT2D eigenvalue weighted by Crippen LogP contribution is 2.40. The first-order valence-corrected chi connectivity index (χ1v) is 9.39. The lowest BCUT2D eigenvalue weighted by atomic mass is 9.72. The third kappa shape index (κ3) is 3.32. The van der Waals surface area contributed by atoms with Gasteiger partial charge in [-0.3, -0.25) is 4.79 Å². The van der Waals surface area contributed by atoms with Crippen molar-refractivity contribution < 1.29 is 9.53 Å². The highest BCUT2D eigenvalue weighted by Gasteiger charge is 2.49. The Bertz CT molecular complexity index is 584. The van der Waals surface area contributed by atoms with Crippen LogP contribution in [0.1, 0.15) is 43.2 Å². The second-order valence-corrected chi connectivity index (χ2v) is 7.65. The predicted octanol–water partition coefficient (Wildman–Crippen LogP) is 2.82. The van der Waals surface area contributed by atoms with Gasteiger partial charge in [0.05, 0.1) is 5.41 Å². The number of rotatable bonds is 2. The van der Waals surface area contributed by atoms with Gasteiger partial charge >= 0.3 is 0 Å². The molecule has 0 saturated carbocycles. The van der Waals surface area contributed by atoms with Crippen LogP contribution in [0.15, 0.2) is 24.3 Å². The fourth-order valence-electron chi connectivity index (χ4n) is 4.78. The third-order valence-corrected chi connectivity index (χ3v) is 6.25. The maximum absolute atomic E-state index is 13.8. The molecule has 5 heteroatoms. The van der Waals surface area contributed by atoms with E-state index in [-0.39, 0.29) is 12.4 Å². The van der Waals surface area contributed by atoms with E-state index in [1.54, 1.807) is 0 Å². The average Bonchev–Trinajstić information content (AvgIpc) is 2.88. The maximum atomic E-state index is 13.8. The number of benzene rings is 1. The zero-order valence-electron chi connectivity index (χ0n) is 15.0. The molecule has 2 unspecified atom stereocenters. The second kappa shape index (κ2) is 7.65. The number of amides is 1. The Kier molecular flexibility index (Phi) is 5.71. The minimum Gasteiger partial charge on any atom is -0.381 e. The Morgan fingerprint density at radius 1 is 1.12 bits per heavy atom. The van der Waals surface area contributed by atoms with E-state index in [4.69, 9.17) is 4.74 Å². The van der Waals surface area contributed by atoms with E-state index in [1.807, 2.05) is 0 Å². The van der Waals surface area contributed by atoms with Gasteiger partial charge in [0.15, 0.2) is 0 Å². The number of nitrogens with one attached hydrogen (secondary N) is 1. The van der Waals surface area contributed by atoms with Crippen LogP contribution in [0.3, 0.4) is 0 Å². The molecule has 3 fully saturated rings. The van der Waals surface area contributed by atoms with Crippen LogP contribution in [0.2, 0.25) is 0 Å². The second-order valence-electron chi connectivity index (χ2n) is 7.65. The molecule has 3 heterocycles. The van der Waals surface area contributed by atoms with Crippen molar-refractivity contribution in [1.29, 1.82) is 0 Å². The van der Waals surface area contributed by atoms with Crippen molar-refractivity contribution in [3.63, 3.8) is 0 Å². The van der Waals surface area contributed by atoms with E-state index < -0.39 is 5.41 Å². The molecule has 0 radical (unpaired) electrons. The van der Waals surface area contributed by atoms with Gasteiger partial charge in [-0.1, -0.05) is 29.8 Å². The van der Waals surface area contributed by atoms with Gasteiger partial charge in [-0.25, -0.2) is 0 Å². The van der Waals surface area contributed by atoms with Crippen LogP contribution < -0.4 is 5.32 Å². The smallest absolute Gasteiger partial charge is 0.233 e. The molecule has 0 spiro atoms. The topological polar surface area (TPSA) is 41.6 Å². The van der Waals surface area contributed by atoms with Gasteiger partial charge in [-0.05, 0) is 51.1 Å². The molecule has 3 saturated heterocycles. The van der Waals surface area contributed by atoms with Crippen LogP contribution in [0.4, 0.5) is 0 Å². The molecule has 1 amide bonds. The molecule has 1 N–H and O–H groups in total. The average molecular weight is 365 g/mol. The van der Waals surface area contributed by atoms with Gasteiger partial charge < -0.3 is 15.0 Å². The summed E-state index contributed by atoms with van der Waals surface area (Å²) in [5.41, 5.74) is 2.03. The van der Waals surface area contributed by atoms with E-state index >= 15 is 0 Å². The van der Waals surface area contributed by atoms with Crippen molar-refractivity contribution in [3.8, 4) is 0 Å². The number of hydrogen-bond donors (Lipinski definition) is 1. The zero-order chi connectivity index (χ0) is 16.6. The molecule has 3 aliphatic rings. The number of carbonyl (C=O) groups excluding carboxylic acids is 1. The summed E-state index contributed by atoms with van der Waals surface area (Å²) in [4.78, 5) is 16.1. The number of fused-ring (bicyclic) bond motifs is 2. The number of carbonyl (C=O) groups is 1. The first-order valence-electron chi connectivity index (χ1n) is 9.39. The molecule has 4 nitrogen and oxygen atoms in total. The van der Waals surface area contributed by atoms with Gasteiger partial charge in [0, 0.05) is 31.8 Å². The van der Waals surface area contributed by atoms with E-state index in [0.717, 1.165) is 38.8 Å². The lowest BCUT2D eigenvalue weighted by molar-refractivity contribution is -0.144. The highest BCUT2D eigenvalue weighted by molar-refractivity contribution is 5.89. The number of halogens is 1. The van der Waals surface area contributed by atoms with Gasteiger partial charge in [0.2, 0.25) is 5.91 Å². The molecule has 4 rings (SSSR count). The molecule has 3 aliphatic heterocycles. The van der Waals surface area contributed by atoms with Gasteiger partial charge in [0.1, 0.15) is 0 Å². The van der Waals surface area contributed by atoms with Crippen LogP contribution in [-0.4, -0.2) is 49.2 Å². The van der Waals surface area contributed by atoms with E-state index in [1.165, 1.54) is 17.5 Å². The molecule has 1 aromatic rings. The third-order valence-electron chi connectivity index (χ3n) is 6.25. The molecule has 1 aromatic carbocycles. The van der Waals surface area contributed by atoms with E-state index in [9.17, 15) is 4.79 Å². The van der Waals surface area contributed by atoms with Gasteiger partial charge in [-0.2, -0.15) is 0 Å². The van der Waals surface area contributed by atoms with Crippen LogP contribution >= 0.6 is 12.4 Å². The fourth-order valence-corrected chi connectivity index (χ4v) is 4.78. The first kappa shape index (κ1) is 18.7. The minimum absolute atomic E-state index is 0. The Balaban J connectivity index is 0.00000182. The molecule has 25 heavy (non-hydrogen) atoms. The number of aryl methyl sites for hydroxylation is 1. The van der Waals surface area contributed by atoms with Gasteiger partial charge in [-0.15, -0.1) is 12.4 Å². The van der Waals surface area contributed by atoms with Crippen LogP contribution in [0.25, 0.3) is 0 Å². The van der Waals surface area contributed by atoms with Gasteiger partial charge in [0.25, 0.3) is 0 Å². The summed E-state index contributed by atoms with van der Waals surface area (Å²) in [5.74, 6) is 0.353. The molecule has 2 bridgehead atoms. The first-order chi connectivity index (χ1) is 11.7. The molecular weight excluding hydrogens is 336 g/mol. The molecule has 2 atom stereocenters. The fraction of sp³-hybridized carbons (Fsp3) is 0.650. The van der Waals surface area contributed by atoms with Crippen LogP contribution in [0, 0.1) is 6.92 Å². The largest absolute Gasteiger partial charge is 0.381 e. The quantitative estimate of drug-likeness (QED) is 0.877. The van der Waals surface area contributed by atoms with Crippen molar-refractivity contribution in [3.05, 3.63) is 35.4 Å². The lowest BCUT2D eigenvalue weighted by Crippen LogP contribution is -2.54. The minimum atomic E-state index is -0.392. The van der Waals surface area contributed by atoms with Crippen molar-refractivity contribution in [2.24, 2.45) is 0 Å². The Labute approximate surface area is 156 Å². The summed E-state index contributed by atoms with van der Waals surface area (Å²) in [6, 6.07) is 9.39. The van der Waals surface area contributed by atoms with Crippen molar-refractivity contribution >= 4 is 18.3 Å². The Hall–Kier alpha value is -1.10. The Morgan fingerprint density at radius 2 is 1.80 bits per heavy atom. The summed E-state index contributed by atoms with van der Waals surface area (Å²) in [6.07, 6.45) is 5.00. The van der Waals surface area contributed by atoms with Crippen LogP contribution in [0.5, 0.6) is 0 Å². The summed E-state index contributed by atoms with van der Waals surface area (Å²) >= 11 is 0. The number of ether oxygens (including phenoxy) is 1. The summed E-state index contributed by atoms with van der Waals surface area (Å²) in [7, 11) is 0. The molecular formula is C20H29ClN2O2. The van der Waals surface area contributed by atoms with Crippen molar-refractivity contribution in [2.75, 3.05) is 26.3 Å². The van der Waals surface area contributed by atoms with Crippen molar-refractivity contribution in [1.82, 2.24) is 10.2 Å². The summed E-state index contributed by atoms with van der Waals surface area (Å²) in [6.45, 7) is 5.44. The summed E-state index contributed by atoms with van der Waals surface area (Å²) in [5, 5.41) is 3.51. The maximum Gasteiger partial charge on any atom is 0.233 e. The van der Waals surface area contributed by atoms with Crippen LogP contribution in [-0.2, 0) is 14.9 Å². The normalized spacial score (nSPS) is 28.1. The Morgan fingerprint density at radius 3 is 2.52 bits per heavy atom. The van der Waals surface area contributed by atoms with Crippen molar-refractivity contribution in [2.45, 2.75) is 56.5 Å². The predicted molar refractivity (Wildman–Crippen MR) is 101 cm³/mol. The standard InChI is InChI=1S/C20H28N2O2.ClH/c1-15-2-4-16(5-3-15)20(9-12-24-13-10-20)19(23)22-17-6-7-18(22)14-21-11-8-17;/h2-5,17-18,21H,6-14H2,1H3;1H. The number of nitrogens with zero attached hydrogens (tertiary/aromatic N) is 1. The molecule has 0 aromatic heterocycles. The SMILES string of the molecule is Cc1ccc(C2(C(=O)N3C4CCNCC3CC4)CCOCC2)cc1.Cl. The molecule has 0 aliphatic carbocycles. The number of hydrogen-bond acceptors (Lipinski definition) is 3. The highest BCUT2D eigenvalue weighted by atomic mass is 35.5. The molecule has 138 valence electrons. The van der Waals surface area contributed by atoms with E-state index in [2.05, 4.69) is 41.4 Å². The monoisotopic (exact) mass is 364 g/mol.